The molecule has 0 aromatic carbocycles. The van der Waals surface area contributed by atoms with Crippen molar-refractivity contribution in [2.75, 3.05) is 53.9 Å². The van der Waals surface area contributed by atoms with Crippen LogP contribution in [0.3, 0.4) is 0 Å². The van der Waals surface area contributed by atoms with E-state index >= 15 is 0 Å². The highest BCUT2D eigenvalue weighted by Crippen LogP contribution is 2.13. The largest absolute Gasteiger partial charge is 0.315 e. The predicted molar refractivity (Wildman–Crippen MR) is 73.0 cm³/mol. The zero-order valence-corrected chi connectivity index (χ0v) is 12.1. The number of hydrogen-bond donors (Lipinski definition) is 1. The lowest BCUT2D eigenvalue weighted by atomic mass is 9.96. The Bertz CT molecular complexity index is 161. The monoisotopic (exact) mass is 229 g/mol. The van der Waals surface area contributed by atoms with Gasteiger partial charge in [-0.1, -0.05) is 20.8 Å². The first-order valence-electron chi connectivity index (χ1n) is 6.35. The van der Waals surface area contributed by atoms with Crippen LogP contribution < -0.4 is 5.32 Å². The van der Waals surface area contributed by atoms with Crippen molar-refractivity contribution in [1.82, 2.24) is 15.1 Å². The van der Waals surface area contributed by atoms with Crippen LogP contribution in [0.5, 0.6) is 0 Å². The van der Waals surface area contributed by atoms with Crippen LogP contribution in [0.1, 0.15) is 27.2 Å². The average Bonchev–Trinajstić information content (AvgIpc) is 2.07. The molecule has 0 rings (SSSR count). The molecule has 16 heavy (non-hydrogen) atoms. The zero-order valence-electron chi connectivity index (χ0n) is 12.1. The van der Waals surface area contributed by atoms with Crippen LogP contribution in [0, 0.1) is 5.41 Å². The topological polar surface area (TPSA) is 18.5 Å². The first kappa shape index (κ1) is 15.9. The second kappa shape index (κ2) is 8.04. The summed E-state index contributed by atoms with van der Waals surface area (Å²) in [6.45, 7) is 12.5. The van der Waals surface area contributed by atoms with Crippen LogP contribution >= 0.6 is 0 Å². The van der Waals surface area contributed by atoms with E-state index in [1.165, 1.54) is 13.0 Å². The molecule has 0 saturated heterocycles. The Kier molecular flexibility index (Phi) is 7.98. The molecule has 0 amide bonds. The highest BCUT2D eigenvalue weighted by Gasteiger charge is 2.12. The van der Waals surface area contributed by atoms with E-state index in [0.29, 0.717) is 5.41 Å². The van der Waals surface area contributed by atoms with Gasteiger partial charge >= 0.3 is 0 Å². The van der Waals surface area contributed by atoms with Crippen LogP contribution in [-0.2, 0) is 0 Å². The van der Waals surface area contributed by atoms with Gasteiger partial charge in [0, 0.05) is 19.6 Å². The van der Waals surface area contributed by atoms with E-state index in [1.807, 2.05) is 0 Å². The van der Waals surface area contributed by atoms with Gasteiger partial charge in [-0.3, -0.25) is 0 Å². The zero-order chi connectivity index (χ0) is 12.6. The maximum atomic E-state index is 3.49. The number of nitrogens with one attached hydrogen (secondary N) is 1. The minimum Gasteiger partial charge on any atom is -0.315 e. The van der Waals surface area contributed by atoms with Crippen LogP contribution in [0.15, 0.2) is 0 Å². The third-order valence-electron chi connectivity index (χ3n) is 2.37. The number of likely N-dealkylation sites (N-methyl/N-ethyl adjacent to an activating group) is 1. The minimum absolute atomic E-state index is 0.402. The maximum absolute atomic E-state index is 3.49. The lowest BCUT2D eigenvalue weighted by Crippen LogP contribution is -2.35. The summed E-state index contributed by atoms with van der Waals surface area (Å²) in [5.74, 6) is 0. The molecule has 0 heterocycles. The van der Waals surface area contributed by atoms with E-state index in [9.17, 15) is 0 Å². The molecule has 0 saturated carbocycles. The number of nitrogens with zero attached hydrogens (tertiary/aromatic N) is 2. The molecule has 0 fully saturated rings. The molecule has 0 aliphatic heterocycles. The van der Waals surface area contributed by atoms with E-state index in [0.717, 1.165) is 26.2 Å². The Morgan fingerprint density at radius 1 is 0.938 bits per heavy atom. The van der Waals surface area contributed by atoms with Gasteiger partial charge in [0.2, 0.25) is 0 Å². The highest BCUT2D eigenvalue weighted by atomic mass is 15.1. The Morgan fingerprint density at radius 2 is 1.56 bits per heavy atom. The molecule has 0 aromatic heterocycles. The van der Waals surface area contributed by atoms with Gasteiger partial charge in [0.05, 0.1) is 0 Å². The van der Waals surface area contributed by atoms with Gasteiger partial charge in [-0.2, -0.15) is 0 Å². The molecule has 0 atom stereocenters. The minimum atomic E-state index is 0.402. The average molecular weight is 229 g/mol. The van der Waals surface area contributed by atoms with E-state index < -0.39 is 0 Å². The molecule has 0 unspecified atom stereocenters. The second-order valence-corrected chi connectivity index (χ2v) is 6.21. The molecule has 0 aromatic rings. The van der Waals surface area contributed by atoms with E-state index in [4.69, 9.17) is 0 Å². The van der Waals surface area contributed by atoms with Crippen LogP contribution in [-0.4, -0.2) is 63.7 Å². The van der Waals surface area contributed by atoms with Crippen molar-refractivity contribution >= 4 is 0 Å². The molecule has 0 aliphatic rings. The van der Waals surface area contributed by atoms with Gasteiger partial charge in [-0.15, -0.1) is 0 Å². The Labute approximate surface area is 102 Å². The molecule has 3 nitrogen and oxygen atoms in total. The fourth-order valence-electron chi connectivity index (χ4n) is 1.80. The Balaban J connectivity index is 3.31. The summed E-state index contributed by atoms with van der Waals surface area (Å²) < 4.78 is 0. The van der Waals surface area contributed by atoms with Crippen molar-refractivity contribution in [3.05, 3.63) is 0 Å². The predicted octanol–water partition coefficient (Wildman–Crippen LogP) is 1.51. The molecular weight excluding hydrogens is 198 g/mol. The van der Waals surface area contributed by atoms with Gasteiger partial charge in [-0.05, 0) is 46.1 Å². The highest BCUT2D eigenvalue weighted by molar-refractivity contribution is 4.67. The molecule has 1 N–H and O–H groups in total. The van der Waals surface area contributed by atoms with Crippen molar-refractivity contribution in [2.24, 2.45) is 5.41 Å². The summed E-state index contributed by atoms with van der Waals surface area (Å²) in [6, 6.07) is 0. The van der Waals surface area contributed by atoms with Crippen molar-refractivity contribution in [2.45, 2.75) is 27.2 Å². The van der Waals surface area contributed by atoms with Gasteiger partial charge in [-0.25, -0.2) is 0 Å². The molecule has 0 spiro atoms. The standard InChI is InChI=1S/C13H31N3/c1-13(2,3)12-16(6)11-9-14-8-7-10-15(4)5/h14H,7-12H2,1-6H3. The number of rotatable bonds is 8. The fraction of sp³-hybridized carbons (Fsp3) is 1.00. The van der Waals surface area contributed by atoms with E-state index in [1.54, 1.807) is 0 Å². The van der Waals surface area contributed by atoms with Crippen LogP contribution in [0.4, 0.5) is 0 Å². The third kappa shape index (κ3) is 12.0. The lowest BCUT2D eigenvalue weighted by molar-refractivity contribution is 0.227. The maximum Gasteiger partial charge on any atom is 0.0104 e. The van der Waals surface area contributed by atoms with Crippen LogP contribution in [0.2, 0.25) is 0 Å². The summed E-state index contributed by atoms with van der Waals surface area (Å²) in [6.07, 6.45) is 1.23. The SMILES string of the molecule is CN(C)CCCNCCN(C)CC(C)(C)C. The van der Waals surface area contributed by atoms with Crippen molar-refractivity contribution in [3.8, 4) is 0 Å². The molecule has 3 heteroatoms. The Hall–Kier alpha value is -0.120. The van der Waals surface area contributed by atoms with Gasteiger partial charge in [0.15, 0.2) is 0 Å². The van der Waals surface area contributed by atoms with Gasteiger partial charge < -0.3 is 15.1 Å². The fourth-order valence-corrected chi connectivity index (χ4v) is 1.80. The van der Waals surface area contributed by atoms with Crippen molar-refractivity contribution < 1.29 is 0 Å². The van der Waals surface area contributed by atoms with Crippen molar-refractivity contribution in [3.63, 3.8) is 0 Å². The summed E-state index contributed by atoms with van der Waals surface area (Å²) in [7, 11) is 6.45. The van der Waals surface area contributed by atoms with Gasteiger partial charge in [0.25, 0.3) is 0 Å². The lowest BCUT2D eigenvalue weighted by Gasteiger charge is -2.26. The van der Waals surface area contributed by atoms with Gasteiger partial charge in [0.1, 0.15) is 0 Å². The summed E-state index contributed by atoms with van der Waals surface area (Å²) in [4.78, 5) is 4.63. The van der Waals surface area contributed by atoms with Crippen LogP contribution in [0.25, 0.3) is 0 Å². The smallest absolute Gasteiger partial charge is 0.0104 e. The molecule has 0 bridgehead atoms. The third-order valence-corrected chi connectivity index (χ3v) is 2.37. The summed E-state index contributed by atoms with van der Waals surface area (Å²) in [5, 5.41) is 3.49. The Morgan fingerprint density at radius 3 is 2.06 bits per heavy atom. The second-order valence-electron chi connectivity index (χ2n) is 6.21. The van der Waals surface area contributed by atoms with E-state index in [-0.39, 0.29) is 0 Å². The molecule has 98 valence electrons. The normalized spacial score (nSPS) is 12.8. The van der Waals surface area contributed by atoms with Crippen molar-refractivity contribution in [1.29, 1.82) is 0 Å². The first-order valence-corrected chi connectivity index (χ1v) is 6.35. The number of hydrogen-bond acceptors (Lipinski definition) is 3. The summed E-state index contributed by atoms with van der Waals surface area (Å²) >= 11 is 0. The summed E-state index contributed by atoms with van der Waals surface area (Å²) in [5.41, 5.74) is 0.402. The molecule has 0 aliphatic carbocycles. The molecular formula is C13H31N3. The first-order chi connectivity index (χ1) is 7.31. The molecule has 0 radical (unpaired) electrons. The van der Waals surface area contributed by atoms with E-state index in [2.05, 4.69) is 57.0 Å². The quantitative estimate of drug-likeness (QED) is 0.637.